The molecule has 1 aliphatic heterocycles. The van der Waals surface area contributed by atoms with E-state index in [0.29, 0.717) is 30.7 Å². The van der Waals surface area contributed by atoms with E-state index in [4.69, 9.17) is 4.74 Å². The van der Waals surface area contributed by atoms with E-state index in [2.05, 4.69) is 4.98 Å². The number of ether oxygens (including phenoxy) is 1. The number of rotatable bonds is 5. The van der Waals surface area contributed by atoms with Crippen molar-refractivity contribution in [3.05, 3.63) is 70.0 Å². The number of nitrogens with one attached hydrogen (secondary N) is 1. The summed E-state index contributed by atoms with van der Waals surface area (Å²) in [5.74, 6) is -0.362. The van der Waals surface area contributed by atoms with E-state index in [9.17, 15) is 18.0 Å². The van der Waals surface area contributed by atoms with Crippen LogP contribution in [0, 0.1) is 6.92 Å². The smallest absolute Gasteiger partial charge is 0.259 e. The van der Waals surface area contributed by atoms with Gasteiger partial charge in [-0.1, -0.05) is 18.2 Å². The molecule has 0 radical (unpaired) electrons. The van der Waals surface area contributed by atoms with E-state index in [1.165, 1.54) is 28.6 Å². The molecule has 0 aliphatic carbocycles. The van der Waals surface area contributed by atoms with Crippen LogP contribution in [0.2, 0.25) is 0 Å². The lowest BCUT2D eigenvalue weighted by atomic mass is 10.1. The fourth-order valence-corrected chi connectivity index (χ4v) is 5.38. The van der Waals surface area contributed by atoms with Crippen LogP contribution in [0.4, 0.5) is 5.69 Å². The van der Waals surface area contributed by atoms with Crippen LogP contribution in [0.25, 0.3) is 10.9 Å². The zero-order valence-corrected chi connectivity index (χ0v) is 18.8. The van der Waals surface area contributed by atoms with Crippen LogP contribution in [-0.2, 0) is 14.8 Å². The molecule has 2 heterocycles. The summed E-state index contributed by atoms with van der Waals surface area (Å²) in [4.78, 5) is 30.2. The van der Waals surface area contributed by atoms with Gasteiger partial charge in [0.15, 0.2) is 0 Å². The van der Waals surface area contributed by atoms with E-state index >= 15 is 0 Å². The predicted molar refractivity (Wildman–Crippen MR) is 123 cm³/mol. The molecule has 3 aromatic rings. The maximum absolute atomic E-state index is 13.6. The number of aromatic amines is 1. The maximum atomic E-state index is 13.6. The molecule has 168 valence electrons. The van der Waals surface area contributed by atoms with E-state index in [1.54, 1.807) is 4.90 Å². The lowest BCUT2D eigenvalue weighted by Gasteiger charge is -2.26. The fourth-order valence-electron chi connectivity index (χ4n) is 3.94. The van der Waals surface area contributed by atoms with Gasteiger partial charge in [-0.05, 0) is 43.7 Å². The number of benzene rings is 2. The van der Waals surface area contributed by atoms with Crippen molar-refractivity contribution < 1.29 is 17.9 Å². The zero-order chi connectivity index (χ0) is 22.9. The number of morpholine rings is 1. The van der Waals surface area contributed by atoms with Gasteiger partial charge in [0.1, 0.15) is 0 Å². The van der Waals surface area contributed by atoms with E-state index < -0.39 is 15.6 Å². The first-order valence-electron chi connectivity index (χ1n) is 10.5. The number of para-hydroxylation sites is 1. The Labute approximate surface area is 186 Å². The number of aryl methyl sites for hydroxylation is 1. The highest BCUT2D eigenvalue weighted by Gasteiger charge is 2.28. The number of anilines is 1. The van der Waals surface area contributed by atoms with Gasteiger partial charge in [-0.25, -0.2) is 8.42 Å². The monoisotopic (exact) mass is 455 g/mol. The number of pyridine rings is 1. The number of fused-ring (bicyclic) bond motifs is 1. The van der Waals surface area contributed by atoms with Crippen LogP contribution in [0.3, 0.4) is 0 Å². The van der Waals surface area contributed by atoms with Gasteiger partial charge in [-0.15, -0.1) is 0 Å². The second kappa shape index (κ2) is 8.85. The first kappa shape index (κ1) is 22.2. The Balaban J connectivity index is 1.84. The average molecular weight is 456 g/mol. The van der Waals surface area contributed by atoms with Crippen LogP contribution in [0.15, 0.2) is 58.2 Å². The molecule has 1 fully saturated rings. The van der Waals surface area contributed by atoms with Crippen molar-refractivity contribution in [2.75, 3.05) is 37.7 Å². The lowest BCUT2D eigenvalue weighted by Crippen LogP contribution is -2.40. The molecule has 32 heavy (non-hydrogen) atoms. The minimum atomic E-state index is -3.75. The molecule has 2 aromatic carbocycles. The Kier molecular flexibility index (Phi) is 6.14. The lowest BCUT2D eigenvalue weighted by molar-refractivity contribution is 0.0730. The van der Waals surface area contributed by atoms with Crippen LogP contribution in [-0.4, -0.2) is 56.5 Å². The van der Waals surface area contributed by atoms with Crippen molar-refractivity contribution in [1.29, 1.82) is 0 Å². The van der Waals surface area contributed by atoms with Crippen LogP contribution >= 0.6 is 0 Å². The normalized spacial score (nSPS) is 15.1. The van der Waals surface area contributed by atoms with Gasteiger partial charge in [0.05, 0.1) is 23.7 Å². The Morgan fingerprint density at radius 3 is 2.53 bits per heavy atom. The minimum absolute atomic E-state index is 0.0759. The molecule has 0 unspecified atom stereocenters. The molecule has 1 amide bonds. The number of carbonyl (C=O) groups excluding carboxylic acids is 1. The molecular weight excluding hydrogens is 430 g/mol. The molecule has 0 spiro atoms. The Morgan fingerprint density at radius 1 is 1.12 bits per heavy atom. The summed E-state index contributed by atoms with van der Waals surface area (Å²) < 4.78 is 32.9. The average Bonchev–Trinajstić information content (AvgIpc) is 2.80. The molecule has 9 heteroatoms. The van der Waals surface area contributed by atoms with Crippen molar-refractivity contribution in [2.45, 2.75) is 18.7 Å². The molecular formula is C23H25N3O5S. The molecule has 0 saturated carbocycles. The summed E-state index contributed by atoms with van der Waals surface area (Å²) in [7, 11) is -3.75. The topological polar surface area (TPSA) is 99.8 Å². The minimum Gasteiger partial charge on any atom is -0.379 e. The van der Waals surface area contributed by atoms with Crippen LogP contribution in [0.1, 0.15) is 22.8 Å². The van der Waals surface area contributed by atoms with Gasteiger partial charge < -0.3 is 14.6 Å². The molecule has 1 N–H and O–H groups in total. The molecule has 0 bridgehead atoms. The largest absolute Gasteiger partial charge is 0.379 e. The molecule has 1 aliphatic rings. The second-order valence-electron chi connectivity index (χ2n) is 7.61. The van der Waals surface area contributed by atoms with Crippen molar-refractivity contribution in [3.8, 4) is 0 Å². The number of hydrogen-bond acceptors (Lipinski definition) is 5. The van der Waals surface area contributed by atoms with Crippen molar-refractivity contribution in [3.63, 3.8) is 0 Å². The third kappa shape index (κ3) is 4.06. The van der Waals surface area contributed by atoms with Crippen molar-refractivity contribution in [2.24, 2.45) is 0 Å². The first-order valence-corrected chi connectivity index (χ1v) is 11.9. The number of hydrogen-bond donors (Lipinski definition) is 1. The standard InChI is InChI=1S/C23H25N3O5S/c1-3-26(21-7-5-4-6-16(21)2)23(28)19-15-22(27)24-20-9-8-17(14-18(19)20)32(29,30)25-10-12-31-13-11-25/h4-9,14-15H,3,10-13H2,1-2H3,(H,24,27). The molecule has 1 aromatic heterocycles. The highest BCUT2D eigenvalue weighted by atomic mass is 32.2. The Bertz CT molecular complexity index is 1330. The number of amides is 1. The van der Waals surface area contributed by atoms with Gasteiger partial charge in [0.2, 0.25) is 15.6 Å². The molecule has 8 nitrogen and oxygen atoms in total. The Morgan fingerprint density at radius 2 is 1.84 bits per heavy atom. The molecule has 0 atom stereocenters. The third-order valence-electron chi connectivity index (χ3n) is 5.62. The zero-order valence-electron chi connectivity index (χ0n) is 18.0. The predicted octanol–water partition coefficient (Wildman–Crippen LogP) is 2.52. The highest BCUT2D eigenvalue weighted by molar-refractivity contribution is 7.89. The first-order chi connectivity index (χ1) is 15.3. The third-order valence-corrected chi connectivity index (χ3v) is 7.52. The fraction of sp³-hybridized carbons (Fsp3) is 0.304. The molecule has 1 saturated heterocycles. The number of sulfonamides is 1. The van der Waals surface area contributed by atoms with E-state index in [0.717, 1.165) is 11.3 Å². The number of H-pyrrole nitrogens is 1. The number of aromatic nitrogens is 1. The number of nitrogens with zero attached hydrogens (tertiary/aromatic N) is 2. The van der Waals surface area contributed by atoms with E-state index in [-0.39, 0.29) is 29.5 Å². The summed E-state index contributed by atoms with van der Waals surface area (Å²) in [6.45, 7) is 5.38. The van der Waals surface area contributed by atoms with Crippen molar-refractivity contribution in [1.82, 2.24) is 9.29 Å². The summed E-state index contributed by atoms with van der Waals surface area (Å²) >= 11 is 0. The highest BCUT2D eigenvalue weighted by Crippen LogP contribution is 2.27. The van der Waals surface area contributed by atoms with Crippen molar-refractivity contribution >= 4 is 32.5 Å². The quantitative estimate of drug-likeness (QED) is 0.637. The van der Waals surface area contributed by atoms with Gasteiger partial charge >= 0.3 is 0 Å². The molecule has 4 rings (SSSR count). The summed E-state index contributed by atoms with van der Waals surface area (Å²) in [6.07, 6.45) is 0. The van der Waals surface area contributed by atoms with E-state index in [1.807, 2.05) is 38.1 Å². The second-order valence-corrected chi connectivity index (χ2v) is 9.54. The number of carbonyl (C=O) groups is 1. The summed E-state index contributed by atoms with van der Waals surface area (Å²) in [5.41, 5.74) is 1.80. The van der Waals surface area contributed by atoms with Gasteiger partial charge in [-0.2, -0.15) is 4.31 Å². The SMILES string of the molecule is CCN(C(=O)c1cc(=O)[nH]c2ccc(S(=O)(=O)N3CCOCC3)cc12)c1ccccc1C. The maximum Gasteiger partial charge on any atom is 0.259 e. The van der Waals surface area contributed by atoms with Gasteiger partial charge in [0, 0.05) is 42.3 Å². The van der Waals surface area contributed by atoms with Gasteiger partial charge in [0.25, 0.3) is 5.91 Å². The van der Waals surface area contributed by atoms with Gasteiger partial charge in [-0.3, -0.25) is 9.59 Å². The Hall–Kier alpha value is -3.01. The summed E-state index contributed by atoms with van der Waals surface area (Å²) in [5, 5.41) is 0.385. The van der Waals surface area contributed by atoms with Crippen LogP contribution < -0.4 is 10.5 Å². The van der Waals surface area contributed by atoms with Crippen LogP contribution in [0.5, 0.6) is 0 Å². The summed E-state index contributed by atoms with van der Waals surface area (Å²) in [6, 6.07) is 13.2.